The lowest BCUT2D eigenvalue weighted by Gasteiger charge is -2.26. The first kappa shape index (κ1) is 20.0. The van der Waals surface area contributed by atoms with Crippen LogP contribution in [0.5, 0.6) is 5.75 Å². The Morgan fingerprint density at radius 2 is 1.74 bits per heavy atom. The van der Waals surface area contributed by atoms with Gasteiger partial charge in [0.15, 0.2) is 0 Å². The molecule has 0 saturated carbocycles. The Morgan fingerprint density at radius 1 is 1.09 bits per heavy atom. The Bertz CT molecular complexity index is 476. The molecular weight excluding hydrogens is 288 g/mol. The summed E-state index contributed by atoms with van der Waals surface area (Å²) in [6.07, 6.45) is 0.803. The summed E-state index contributed by atoms with van der Waals surface area (Å²) < 4.78 is 5.89. The van der Waals surface area contributed by atoms with E-state index in [1.54, 1.807) is 0 Å². The Kier molecular flexibility index (Phi) is 7.56. The van der Waals surface area contributed by atoms with E-state index < -0.39 is 12.2 Å². The lowest BCUT2D eigenvalue weighted by atomic mass is 9.83. The second-order valence-corrected chi connectivity index (χ2v) is 7.53. The Balaban J connectivity index is 3.00. The van der Waals surface area contributed by atoms with E-state index in [2.05, 4.69) is 46.8 Å². The summed E-state index contributed by atoms with van der Waals surface area (Å²) in [5.41, 5.74) is 2.38. The van der Waals surface area contributed by atoms with Crippen molar-refractivity contribution in [2.45, 2.75) is 84.3 Å². The van der Waals surface area contributed by atoms with Crippen molar-refractivity contribution in [1.82, 2.24) is 0 Å². The van der Waals surface area contributed by atoms with Crippen molar-refractivity contribution in [2.24, 2.45) is 0 Å². The summed E-state index contributed by atoms with van der Waals surface area (Å²) >= 11 is 0. The number of hydrogen-bond donors (Lipinski definition) is 2. The molecular formula is C20H34O3. The Morgan fingerprint density at radius 3 is 2.26 bits per heavy atom. The molecule has 0 amide bonds. The van der Waals surface area contributed by atoms with Gasteiger partial charge in [-0.1, -0.05) is 53.7 Å². The molecule has 0 aliphatic carbocycles. The minimum atomic E-state index is -0.677. The van der Waals surface area contributed by atoms with Crippen molar-refractivity contribution < 1.29 is 14.9 Å². The van der Waals surface area contributed by atoms with Crippen LogP contribution in [0, 0.1) is 0 Å². The van der Waals surface area contributed by atoms with Gasteiger partial charge in [0, 0.05) is 0 Å². The van der Waals surface area contributed by atoms with Crippen LogP contribution in [-0.4, -0.2) is 29.0 Å². The first-order valence-electron chi connectivity index (χ1n) is 8.84. The zero-order valence-electron chi connectivity index (χ0n) is 15.6. The molecule has 0 saturated heterocycles. The monoisotopic (exact) mass is 322 g/mol. The first-order valence-corrected chi connectivity index (χ1v) is 8.84. The highest BCUT2D eigenvalue weighted by Crippen LogP contribution is 2.35. The van der Waals surface area contributed by atoms with Gasteiger partial charge in [0.2, 0.25) is 0 Å². The van der Waals surface area contributed by atoms with E-state index in [1.807, 2.05) is 13.0 Å². The number of benzene rings is 1. The van der Waals surface area contributed by atoms with Crippen LogP contribution in [0.3, 0.4) is 0 Å². The van der Waals surface area contributed by atoms with Gasteiger partial charge >= 0.3 is 0 Å². The standard InChI is InChI=1S/C20H34O3/c1-7-11-23-19-10-9-15(13-16(19)20(4,5)6)14(3)12-18(22)17(21)8-2/h9-10,13-14,17-18,21-22H,7-8,11-12H2,1-6H3. The maximum Gasteiger partial charge on any atom is 0.123 e. The van der Waals surface area contributed by atoms with Crippen molar-refractivity contribution in [3.8, 4) is 5.75 Å². The highest BCUT2D eigenvalue weighted by atomic mass is 16.5. The molecule has 0 aromatic heterocycles. The number of hydrogen-bond acceptors (Lipinski definition) is 3. The minimum Gasteiger partial charge on any atom is -0.493 e. The summed E-state index contributed by atoms with van der Waals surface area (Å²) in [7, 11) is 0. The summed E-state index contributed by atoms with van der Waals surface area (Å²) in [6, 6.07) is 6.32. The van der Waals surface area contributed by atoms with E-state index in [0.717, 1.165) is 18.8 Å². The predicted molar refractivity (Wildman–Crippen MR) is 96.3 cm³/mol. The summed E-state index contributed by atoms with van der Waals surface area (Å²) in [5, 5.41) is 19.9. The summed E-state index contributed by atoms with van der Waals surface area (Å²) in [6.45, 7) is 13.4. The normalized spacial score (nSPS) is 16.0. The van der Waals surface area contributed by atoms with E-state index in [0.29, 0.717) is 12.8 Å². The minimum absolute atomic E-state index is 0.000350. The van der Waals surface area contributed by atoms with E-state index in [9.17, 15) is 10.2 Å². The second-order valence-electron chi connectivity index (χ2n) is 7.53. The number of aliphatic hydroxyl groups is 2. The van der Waals surface area contributed by atoms with Crippen molar-refractivity contribution in [3.05, 3.63) is 29.3 Å². The lowest BCUT2D eigenvalue weighted by Crippen LogP contribution is -2.26. The van der Waals surface area contributed by atoms with E-state index >= 15 is 0 Å². The van der Waals surface area contributed by atoms with E-state index in [4.69, 9.17) is 4.74 Å². The van der Waals surface area contributed by atoms with Crippen LogP contribution < -0.4 is 4.74 Å². The lowest BCUT2D eigenvalue weighted by molar-refractivity contribution is 0.00953. The average Bonchev–Trinajstić information content (AvgIpc) is 2.50. The smallest absolute Gasteiger partial charge is 0.123 e. The molecule has 3 atom stereocenters. The van der Waals surface area contributed by atoms with Crippen molar-refractivity contribution in [3.63, 3.8) is 0 Å². The van der Waals surface area contributed by atoms with Crippen LogP contribution in [0.1, 0.15) is 77.8 Å². The van der Waals surface area contributed by atoms with Gasteiger partial charge in [-0.15, -0.1) is 0 Å². The van der Waals surface area contributed by atoms with Crippen molar-refractivity contribution in [1.29, 1.82) is 0 Å². The van der Waals surface area contributed by atoms with Crippen LogP contribution in [-0.2, 0) is 5.41 Å². The van der Waals surface area contributed by atoms with Gasteiger partial charge in [-0.3, -0.25) is 0 Å². The van der Waals surface area contributed by atoms with Gasteiger partial charge < -0.3 is 14.9 Å². The van der Waals surface area contributed by atoms with E-state index in [-0.39, 0.29) is 11.3 Å². The zero-order chi connectivity index (χ0) is 17.6. The topological polar surface area (TPSA) is 49.7 Å². The predicted octanol–water partition coefficient (Wildman–Crippen LogP) is 4.40. The first-order chi connectivity index (χ1) is 10.7. The van der Waals surface area contributed by atoms with Gasteiger partial charge in [-0.25, -0.2) is 0 Å². The number of rotatable bonds is 8. The van der Waals surface area contributed by atoms with Crippen LogP contribution in [0.4, 0.5) is 0 Å². The summed E-state index contributed by atoms with van der Waals surface area (Å²) in [5.74, 6) is 1.14. The molecule has 1 aromatic rings. The maximum atomic E-state index is 10.1. The molecule has 0 aliphatic heterocycles. The molecule has 0 bridgehead atoms. The third-order valence-electron chi connectivity index (χ3n) is 4.30. The van der Waals surface area contributed by atoms with Crippen LogP contribution in [0.25, 0.3) is 0 Å². The molecule has 2 N–H and O–H groups in total. The Hall–Kier alpha value is -1.06. The average molecular weight is 322 g/mol. The summed E-state index contributed by atoms with van der Waals surface area (Å²) in [4.78, 5) is 0. The zero-order valence-corrected chi connectivity index (χ0v) is 15.6. The molecule has 0 radical (unpaired) electrons. The van der Waals surface area contributed by atoms with Crippen LogP contribution in [0.15, 0.2) is 18.2 Å². The van der Waals surface area contributed by atoms with E-state index in [1.165, 1.54) is 11.1 Å². The molecule has 0 heterocycles. The van der Waals surface area contributed by atoms with Gasteiger partial charge in [-0.05, 0) is 47.8 Å². The fourth-order valence-corrected chi connectivity index (χ4v) is 2.71. The highest BCUT2D eigenvalue weighted by Gasteiger charge is 2.23. The molecule has 0 fully saturated rings. The van der Waals surface area contributed by atoms with Gasteiger partial charge in [0.1, 0.15) is 5.75 Å². The van der Waals surface area contributed by atoms with Gasteiger partial charge in [0.05, 0.1) is 18.8 Å². The fraction of sp³-hybridized carbons (Fsp3) is 0.700. The Labute approximate surface area is 141 Å². The highest BCUT2D eigenvalue weighted by molar-refractivity contribution is 5.42. The largest absolute Gasteiger partial charge is 0.493 e. The molecule has 3 unspecified atom stereocenters. The molecule has 132 valence electrons. The molecule has 3 nitrogen and oxygen atoms in total. The molecule has 23 heavy (non-hydrogen) atoms. The number of ether oxygens (including phenoxy) is 1. The molecule has 3 heteroatoms. The van der Waals surface area contributed by atoms with Crippen molar-refractivity contribution in [2.75, 3.05) is 6.61 Å². The fourth-order valence-electron chi connectivity index (χ4n) is 2.71. The quantitative estimate of drug-likeness (QED) is 0.746. The maximum absolute atomic E-state index is 10.1. The van der Waals surface area contributed by atoms with Gasteiger partial charge in [0.25, 0.3) is 0 Å². The molecule has 0 spiro atoms. The third-order valence-corrected chi connectivity index (χ3v) is 4.30. The van der Waals surface area contributed by atoms with Crippen LogP contribution in [0.2, 0.25) is 0 Å². The molecule has 1 rings (SSSR count). The van der Waals surface area contributed by atoms with Crippen molar-refractivity contribution >= 4 is 0 Å². The SMILES string of the molecule is CCCOc1ccc(C(C)CC(O)C(O)CC)cc1C(C)(C)C. The molecule has 0 aliphatic rings. The third kappa shape index (κ3) is 5.82. The molecule has 1 aromatic carbocycles. The van der Waals surface area contributed by atoms with Crippen LogP contribution >= 0.6 is 0 Å². The van der Waals surface area contributed by atoms with Gasteiger partial charge in [-0.2, -0.15) is 0 Å². The number of aliphatic hydroxyl groups excluding tert-OH is 2. The second kappa shape index (κ2) is 8.70.